The Morgan fingerprint density at radius 2 is 1.79 bits per heavy atom. The fourth-order valence-corrected chi connectivity index (χ4v) is 3.37. The van der Waals surface area contributed by atoms with Crippen LogP contribution in [0.25, 0.3) is 11.3 Å². The largest absolute Gasteiger partial charge is 0.451 e. The van der Waals surface area contributed by atoms with Gasteiger partial charge in [0.05, 0.1) is 5.02 Å². The van der Waals surface area contributed by atoms with Crippen molar-refractivity contribution in [2.24, 2.45) is 0 Å². The van der Waals surface area contributed by atoms with Crippen molar-refractivity contribution in [2.75, 3.05) is 11.4 Å². The molecule has 4 heteroatoms. The van der Waals surface area contributed by atoms with E-state index >= 15 is 0 Å². The molecule has 3 nitrogen and oxygen atoms in total. The first-order valence-corrected chi connectivity index (χ1v) is 8.36. The van der Waals surface area contributed by atoms with Crippen LogP contribution in [0.5, 0.6) is 0 Å². The monoisotopic (exact) mass is 337 g/mol. The van der Waals surface area contributed by atoms with Crippen LogP contribution < -0.4 is 4.90 Å². The van der Waals surface area contributed by atoms with E-state index in [0.717, 1.165) is 24.1 Å². The Labute approximate surface area is 145 Å². The van der Waals surface area contributed by atoms with Gasteiger partial charge in [-0.05, 0) is 48.7 Å². The molecule has 2 heterocycles. The lowest BCUT2D eigenvalue weighted by Crippen LogP contribution is -2.35. The van der Waals surface area contributed by atoms with Crippen LogP contribution in [0.15, 0.2) is 65.1 Å². The number of amides is 1. The van der Waals surface area contributed by atoms with E-state index in [9.17, 15) is 4.79 Å². The van der Waals surface area contributed by atoms with Gasteiger partial charge < -0.3 is 9.32 Å². The van der Waals surface area contributed by atoms with E-state index in [1.807, 2.05) is 42.5 Å². The van der Waals surface area contributed by atoms with Gasteiger partial charge in [-0.1, -0.05) is 41.9 Å². The Balaban J connectivity index is 1.66. The van der Waals surface area contributed by atoms with Gasteiger partial charge in [-0.25, -0.2) is 0 Å². The van der Waals surface area contributed by atoms with Crippen LogP contribution in [0.2, 0.25) is 5.02 Å². The number of aryl methyl sites for hydroxylation is 1. The lowest BCUT2D eigenvalue weighted by Gasteiger charge is -2.28. The molecule has 120 valence electrons. The zero-order valence-electron chi connectivity index (χ0n) is 13.0. The minimum atomic E-state index is -0.111. The zero-order chi connectivity index (χ0) is 16.5. The summed E-state index contributed by atoms with van der Waals surface area (Å²) in [4.78, 5) is 14.7. The molecular weight excluding hydrogens is 322 g/mol. The predicted molar refractivity (Wildman–Crippen MR) is 95.6 cm³/mol. The van der Waals surface area contributed by atoms with Crippen LogP contribution >= 0.6 is 11.6 Å². The van der Waals surface area contributed by atoms with E-state index in [1.54, 1.807) is 17.0 Å². The smallest absolute Gasteiger partial charge is 0.293 e. The molecule has 4 rings (SSSR count). The molecule has 0 atom stereocenters. The molecule has 0 unspecified atom stereocenters. The fraction of sp³-hybridized carbons (Fsp3) is 0.150. The summed E-state index contributed by atoms with van der Waals surface area (Å²) in [6.45, 7) is 0.706. The van der Waals surface area contributed by atoms with Crippen molar-refractivity contribution < 1.29 is 9.21 Å². The van der Waals surface area contributed by atoms with E-state index in [1.165, 1.54) is 5.56 Å². The molecule has 0 saturated carbocycles. The van der Waals surface area contributed by atoms with E-state index in [2.05, 4.69) is 6.07 Å². The van der Waals surface area contributed by atoms with Gasteiger partial charge >= 0.3 is 0 Å². The van der Waals surface area contributed by atoms with Crippen molar-refractivity contribution in [3.63, 3.8) is 0 Å². The van der Waals surface area contributed by atoms with E-state index < -0.39 is 0 Å². The second-order valence-corrected chi connectivity index (χ2v) is 6.24. The number of anilines is 1. The van der Waals surface area contributed by atoms with Gasteiger partial charge in [0.25, 0.3) is 5.91 Å². The number of nitrogens with zero attached hydrogens (tertiary/aromatic N) is 1. The SMILES string of the molecule is O=C(c1ccc(-c2ccccc2Cl)o1)N1CCCc2ccccc21. The lowest BCUT2D eigenvalue weighted by atomic mass is 10.0. The molecule has 2 aromatic carbocycles. The van der Waals surface area contributed by atoms with Crippen molar-refractivity contribution in [2.45, 2.75) is 12.8 Å². The molecule has 0 bridgehead atoms. The van der Waals surface area contributed by atoms with Crippen molar-refractivity contribution in [1.29, 1.82) is 0 Å². The van der Waals surface area contributed by atoms with E-state index in [-0.39, 0.29) is 5.91 Å². The first-order chi connectivity index (χ1) is 11.7. The molecule has 0 spiro atoms. The molecule has 1 aliphatic heterocycles. The molecular formula is C20H16ClNO2. The van der Waals surface area contributed by atoms with Crippen LogP contribution in [-0.4, -0.2) is 12.5 Å². The third-order valence-electron chi connectivity index (χ3n) is 4.31. The number of furan rings is 1. The summed E-state index contributed by atoms with van der Waals surface area (Å²) < 4.78 is 5.80. The normalized spacial score (nSPS) is 13.6. The van der Waals surface area contributed by atoms with Gasteiger partial charge in [-0.2, -0.15) is 0 Å². The second kappa shape index (κ2) is 6.17. The van der Waals surface area contributed by atoms with Crippen LogP contribution in [-0.2, 0) is 6.42 Å². The van der Waals surface area contributed by atoms with Gasteiger partial charge in [0, 0.05) is 17.8 Å². The number of para-hydroxylation sites is 1. The third kappa shape index (κ3) is 2.61. The topological polar surface area (TPSA) is 33.5 Å². The number of carbonyl (C=O) groups excluding carboxylic acids is 1. The van der Waals surface area contributed by atoms with Crippen molar-refractivity contribution >= 4 is 23.2 Å². The number of hydrogen-bond acceptors (Lipinski definition) is 2. The van der Waals surface area contributed by atoms with Crippen LogP contribution in [0, 0.1) is 0 Å². The molecule has 0 N–H and O–H groups in total. The number of hydrogen-bond donors (Lipinski definition) is 0. The van der Waals surface area contributed by atoms with Gasteiger partial charge in [0.2, 0.25) is 0 Å². The zero-order valence-corrected chi connectivity index (χ0v) is 13.8. The summed E-state index contributed by atoms with van der Waals surface area (Å²) in [7, 11) is 0. The lowest BCUT2D eigenvalue weighted by molar-refractivity contribution is 0.0959. The highest BCUT2D eigenvalue weighted by Crippen LogP contribution is 2.32. The highest BCUT2D eigenvalue weighted by atomic mass is 35.5. The predicted octanol–water partition coefficient (Wildman–Crippen LogP) is 5.19. The summed E-state index contributed by atoms with van der Waals surface area (Å²) in [6.07, 6.45) is 1.96. The molecule has 0 saturated heterocycles. The standard InChI is InChI=1S/C20H16ClNO2/c21-16-9-3-2-8-15(16)18-11-12-19(24-18)20(23)22-13-5-7-14-6-1-4-10-17(14)22/h1-4,6,8-12H,5,7,13H2. The maximum absolute atomic E-state index is 12.9. The van der Waals surface area contributed by atoms with E-state index in [4.69, 9.17) is 16.0 Å². The Morgan fingerprint density at radius 3 is 2.67 bits per heavy atom. The molecule has 1 aromatic heterocycles. The Hall–Kier alpha value is -2.52. The summed E-state index contributed by atoms with van der Waals surface area (Å²) >= 11 is 6.21. The average Bonchev–Trinajstić information content (AvgIpc) is 3.11. The average molecular weight is 338 g/mol. The van der Waals surface area contributed by atoms with E-state index in [0.29, 0.717) is 23.1 Å². The molecule has 1 aliphatic rings. The summed E-state index contributed by atoms with van der Waals surface area (Å²) in [5.74, 6) is 0.830. The number of fused-ring (bicyclic) bond motifs is 1. The molecule has 0 radical (unpaired) electrons. The second-order valence-electron chi connectivity index (χ2n) is 5.83. The van der Waals surface area contributed by atoms with Crippen molar-refractivity contribution in [3.05, 3.63) is 77.0 Å². The summed E-state index contributed by atoms with van der Waals surface area (Å²) in [5, 5.41) is 0.606. The highest BCUT2D eigenvalue weighted by Gasteiger charge is 2.25. The first kappa shape index (κ1) is 15.0. The number of benzene rings is 2. The van der Waals surface area contributed by atoms with Crippen LogP contribution in [0.4, 0.5) is 5.69 Å². The van der Waals surface area contributed by atoms with Gasteiger partial charge in [-0.15, -0.1) is 0 Å². The Kier molecular flexibility index (Phi) is 3.87. The third-order valence-corrected chi connectivity index (χ3v) is 4.64. The number of halogens is 1. The van der Waals surface area contributed by atoms with Gasteiger partial charge in [-0.3, -0.25) is 4.79 Å². The maximum atomic E-state index is 12.9. The van der Waals surface area contributed by atoms with Crippen LogP contribution in [0.1, 0.15) is 22.5 Å². The molecule has 1 amide bonds. The number of carbonyl (C=O) groups is 1. The van der Waals surface area contributed by atoms with Crippen molar-refractivity contribution in [3.8, 4) is 11.3 Å². The first-order valence-electron chi connectivity index (χ1n) is 7.98. The van der Waals surface area contributed by atoms with Gasteiger partial charge in [0.15, 0.2) is 5.76 Å². The maximum Gasteiger partial charge on any atom is 0.293 e. The molecule has 0 aliphatic carbocycles. The summed E-state index contributed by atoms with van der Waals surface area (Å²) in [5.41, 5.74) is 2.97. The summed E-state index contributed by atoms with van der Waals surface area (Å²) in [6, 6.07) is 19.0. The minimum absolute atomic E-state index is 0.111. The van der Waals surface area contributed by atoms with Crippen LogP contribution in [0.3, 0.4) is 0 Å². The molecule has 0 fully saturated rings. The highest BCUT2D eigenvalue weighted by molar-refractivity contribution is 6.33. The molecule has 24 heavy (non-hydrogen) atoms. The molecule has 3 aromatic rings. The van der Waals surface area contributed by atoms with Crippen molar-refractivity contribution in [1.82, 2.24) is 0 Å². The Morgan fingerprint density at radius 1 is 1.00 bits per heavy atom. The Bertz CT molecular complexity index is 900. The fourth-order valence-electron chi connectivity index (χ4n) is 3.14. The minimum Gasteiger partial charge on any atom is -0.451 e. The quantitative estimate of drug-likeness (QED) is 0.644. The number of rotatable bonds is 2. The van der Waals surface area contributed by atoms with Gasteiger partial charge in [0.1, 0.15) is 5.76 Å².